The lowest BCUT2D eigenvalue weighted by molar-refractivity contribution is 0.122. The van der Waals surface area contributed by atoms with Gasteiger partial charge in [0.05, 0.1) is 16.3 Å². The fraction of sp³-hybridized carbons (Fsp3) is 0.526. The highest BCUT2D eigenvalue weighted by atomic mass is 32.1. The standard InChI is InChI=1S/C19H25N7OS/c1-12(27)11-25-5-7-26(8-6-25)19-20-14-4-9-28-17(14)18(22-19)21-16-10-15(23-24-16)13-2-3-13/h4,9-10,12-13,27H,2-3,5-8,11H2,1H3,(H2,20,21,22,23,24). The third-order valence-corrected chi connectivity index (χ3v) is 6.24. The maximum Gasteiger partial charge on any atom is 0.228 e. The largest absolute Gasteiger partial charge is 0.392 e. The number of piperazine rings is 1. The molecule has 2 fully saturated rings. The Kier molecular flexibility index (Phi) is 4.65. The van der Waals surface area contributed by atoms with E-state index in [-0.39, 0.29) is 6.10 Å². The van der Waals surface area contributed by atoms with Crippen LogP contribution in [0.15, 0.2) is 17.5 Å². The molecule has 5 rings (SSSR count). The molecule has 3 aromatic rings. The van der Waals surface area contributed by atoms with E-state index in [1.807, 2.05) is 13.0 Å². The van der Waals surface area contributed by atoms with Gasteiger partial charge < -0.3 is 15.3 Å². The third kappa shape index (κ3) is 3.69. The molecule has 3 aromatic heterocycles. The van der Waals surface area contributed by atoms with Crippen molar-refractivity contribution in [3.8, 4) is 0 Å². The molecule has 1 aliphatic carbocycles. The average molecular weight is 400 g/mol. The van der Waals surface area contributed by atoms with E-state index < -0.39 is 0 Å². The number of aliphatic hydroxyl groups is 1. The highest BCUT2D eigenvalue weighted by Crippen LogP contribution is 2.40. The van der Waals surface area contributed by atoms with Crippen LogP contribution in [0.5, 0.6) is 0 Å². The minimum atomic E-state index is -0.296. The molecule has 0 spiro atoms. The van der Waals surface area contributed by atoms with E-state index in [0.717, 1.165) is 54.0 Å². The Hall–Kier alpha value is -2.23. The van der Waals surface area contributed by atoms with Crippen LogP contribution in [0, 0.1) is 0 Å². The molecule has 1 saturated carbocycles. The van der Waals surface area contributed by atoms with E-state index in [9.17, 15) is 5.11 Å². The van der Waals surface area contributed by atoms with Crippen molar-refractivity contribution >= 4 is 39.1 Å². The molecule has 4 heterocycles. The molecule has 0 radical (unpaired) electrons. The Morgan fingerprint density at radius 1 is 1.29 bits per heavy atom. The number of aromatic amines is 1. The maximum atomic E-state index is 9.60. The molecule has 0 amide bonds. The molecule has 148 valence electrons. The summed E-state index contributed by atoms with van der Waals surface area (Å²) in [4.78, 5) is 14.1. The first-order valence-electron chi connectivity index (χ1n) is 9.88. The van der Waals surface area contributed by atoms with Crippen molar-refractivity contribution in [2.75, 3.05) is 42.9 Å². The van der Waals surface area contributed by atoms with Gasteiger partial charge in [-0.25, -0.2) is 4.98 Å². The van der Waals surface area contributed by atoms with Crippen LogP contribution in [0.1, 0.15) is 31.4 Å². The predicted molar refractivity (Wildman–Crippen MR) is 112 cm³/mol. The van der Waals surface area contributed by atoms with Crippen molar-refractivity contribution < 1.29 is 5.11 Å². The van der Waals surface area contributed by atoms with Gasteiger partial charge in [-0.1, -0.05) is 0 Å². The minimum Gasteiger partial charge on any atom is -0.392 e. The Balaban J connectivity index is 1.36. The van der Waals surface area contributed by atoms with Gasteiger partial charge in [0.2, 0.25) is 5.95 Å². The number of nitrogens with zero attached hydrogens (tertiary/aromatic N) is 5. The monoisotopic (exact) mass is 399 g/mol. The summed E-state index contributed by atoms with van der Waals surface area (Å²) in [6.45, 7) is 6.08. The van der Waals surface area contributed by atoms with Crippen molar-refractivity contribution in [1.82, 2.24) is 25.1 Å². The van der Waals surface area contributed by atoms with Crippen LogP contribution in [0.25, 0.3) is 10.2 Å². The SMILES string of the molecule is CC(O)CN1CCN(c2nc(Nc3cc(C4CC4)[nH]n3)c3sccc3n2)CC1. The molecule has 1 aliphatic heterocycles. The average Bonchev–Trinajstić information content (AvgIpc) is 3.23. The number of hydrogen-bond donors (Lipinski definition) is 3. The smallest absolute Gasteiger partial charge is 0.228 e. The molecule has 1 atom stereocenters. The normalized spacial score (nSPS) is 19.3. The second kappa shape index (κ2) is 7.31. The number of rotatable bonds is 6. The van der Waals surface area contributed by atoms with Gasteiger partial charge in [-0.2, -0.15) is 10.1 Å². The number of thiophene rings is 1. The number of fused-ring (bicyclic) bond motifs is 1. The van der Waals surface area contributed by atoms with E-state index in [1.54, 1.807) is 11.3 Å². The second-order valence-electron chi connectivity index (χ2n) is 7.75. The Labute approximate surface area is 167 Å². The topological polar surface area (TPSA) is 93.2 Å². The Morgan fingerprint density at radius 2 is 2.11 bits per heavy atom. The summed E-state index contributed by atoms with van der Waals surface area (Å²) in [6, 6.07) is 4.13. The van der Waals surface area contributed by atoms with Crippen molar-refractivity contribution in [3.63, 3.8) is 0 Å². The van der Waals surface area contributed by atoms with Gasteiger partial charge >= 0.3 is 0 Å². The van der Waals surface area contributed by atoms with E-state index in [0.29, 0.717) is 12.5 Å². The van der Waals surface area contributed by atoms with Crippen LogP contribution in [0.4, 0.5) is 17.6 Å². The first-order valence-corrected chi connectivity index (χ1v) is 10.8. The molecular weight excluding hydrogens is 374 g/mol. The molecule has 1 saturated heterocycles. The second-order valence-corrected chi connectivity index (χ2v) is 8.67. The molecule has 2 aliphatic rings. The van der Waals surface area contributed by atoms with Gasteiger partial charge in [0.15, 0.2) is 11.6 Å². The summed E-state index contributed by atoms with van der Waals surface area (Å²) >= 11 is 1.64. The summed E-state index contributed by atoms with van der Waals surface area (Å²) in [5.74, 6) is 3.02. The van der Waals surface area contributed by atoms with Gasteiger partial charge in [0, 0.05) is 50.4 Å². The van der Waals surface area contributed by atoms with Gasteiger partial charge in [-0.15, -0.1) is 11.3 Å². The van der Waals surface area contributed by atoms with E-state index in [4.69, 9.17) is 9.97 Å². The fourth-order valence-electron chi connectivity index (χ4n) is 3.71. The first-order chi connectivity index (χ1) is 13.7. The number of aromatic nitrogens is 4. The van der Waals surface area contributed by atoms with Crippen molar-refractivity contribution in [3.05, 3.63) is 23.2 Å². The zero-order chi connectivity index (χ0) is 19.1. The van der Waals surface area contributed by atoms with Crippen LogP contribution < -0.4 is 10.2 Å². The van der Waals surface area contributed by atoms with E-state index in [2.05, 4.69) is 36.8 Å². The molecule has 3 N–H and O–H groups in total. The molecule has 28 heavy (non-hydrogen) atoms. The summed E-state index contributed by atoms with van der Waals surface area (Å²) in [6.07, 6.45) is 2.19. The molecule has 1 unspecified atom stereocenters. The summed E-state index contributed by atoms with van der Waals surface area (Å²) < 4.78 is 1.05. The first kappa shape index (κ1) is 17.8. The fourth-order valence-corrected chi connectivity index (χ4v) is 4.48. The number of H-pyrrole nitrogens is 1. The van der Waals surface area contributed by atoms with Gasteiger partial charge in [-0.3, -0.25) is 10.00 Å². The van der Waals surface area contributed by atoms with Crippen molar-refractivity contribution in [2.24, 2.45) is 0 Å². The molecule has 0 bridgehead atoms. The molecular formula is C19H25N7OS. The van der Waals surface area contributed by atoms with Gasteiger partial charge in [0.25, 0.3) is 0 Å². The summed E-state index contributed by atoms with van der Waals surface area (Å²) in [7, 11) is 0. The predicted octanol–water partition coefficient (Wildman–Crippen LogP) is 2.54. The lowest BCUT2D eigenvalue weighted by atomic mass is 10.3. The molecule has 8 nitrogen and oxygen atoms in total. The van der Waals surface area contributed by atoms with Crippen LogP contribution in [-0.2, 0) is 0 Å². The number of hydrogen-bond acceptors (Lipinski definition) is 8. The number of β-amino-alcohol motifs (C(OH)–C–C–N with tert-alkyl or cyclic N) is 1. The van der Waals surface area contributed by atoms with Crippen LogP contribution >= 0.6 is 11.3 Å². The molecule has 9 heteroatoms. The number of anilines is 3. The summed E-state index contributed by atoms with van der Waals surface area (Å²) in [5, 5.41) is 22.6. The number of nitrogens with one attached hydrogen (secondary N) is 2. The van der Waals surface area contributed by atoms with Crippen LogP contribution in [0.2, 0.25) is 0 Å². The summed E-state index contributed by atoms with van der Waals surface area (Å²) in [5.41, 5.74) is 2.16. The van der Waals surface area contributed by atoms with Crippen LogP contribution in [-0.4, -0.2) is 69.0 Å². The van der Waals surface area contributed by atoms with Crippen molar-refractivity contribution in [1.29, 1.82) is 0 Å². The lowest BCUT2D eigenvalue weighted by Gasteiger charge is -2.35. The Morgan fingerprint density at radius 3 is 2.86 bits per heavy atom. The molecule has 0 aromatic carbocycles. The lowest BCUT2D eigenvalue weighted by Crippen LogP contribution is -2.48. The third-order valence-electron chi connectivity index (χ3n) is 5.33. The Bertz CT molecular complexity index is 956. The number of aliphatic hydroxyl groups excluding tert-OH is 1. The quantitative estimate of drug-likeness (QED) is 0.586. The highest BCUT2D eigenvalue weighted by molar-refractivity contribution is 7.17. The van der Waals surface area contributed by atoms with Gasteiger partial charge in [0.1, 0.15) is 0 Å². The van der Waals surface area contributed by atoms with Crippen LogP contribution in [0.3, 0.4) is 0 Å². The van der Waals surface area contributed by atoms with Gasteiger partial charge in [-0.05, 0) is 31.2 Å². The highest BCUT2D eigenvalue weighted by Gasteiger charge is 2.26. The maximum absolute atomic E-state index is 9.60. The minimum absolute atomic E-state index is 0.296. The van der Waals surface area contributed by atoms with E-state index in [1.165, 1.54) is 18.5 Å². The zero-order valence-electron chi connectivity index (χ0n) is 15.9. The van der Waals surface area contributed by atoms with E-state index >= 15 is 0 Å². The van der Waals surface area contributed by atoms with Crippen molar-refractivity contribution in [2.45, 2.75) is 31.8 Å². The zero-order valence-corrected chi connectivity index (χ0v) is 16.7.